The number of likely N-dealkylation sites (tertiary alicyclic amines) is 1. The van der Waals surface area contributed by atoms with Crippen molar-refractivity contribution < 1.29 is 14.0 Å². The highest BCUT2D eigenvalue weighted by Crippen LogP contribution is 2.52. The zero-order valence-electron chi connectivity index (χ0n) is 17.6. The van der Waals surface area contributed by atoms with Gasteiger partial charge < -0.3 is 14.6 Å². The number of rotatable bonds is 4. The van der Waals surface area contributed by atoms with Gasteiger partial charge in [0.15, 0.2) is 0 Å². The first-order chi connectivity index (χ1) is 14.1. The molecule has 0 radical (unpaired) electrons. The van der Waals surface area contributed by atoms with Gasteiger partial charge in [-0.2, -0.15) is 0 Å². The minimum atomic E-state index is -0.355. The van der Waals surface area contributed by atoms with Crippen molar-refractivity contribution >= 4 is 29.5 Å². The van der Waals surface area contributed by atoms with E-state index in [4.69, 9.17) is 16.0 Å². The number of benzene rings is 1. The van der Waals surface area contributed by atoms with Gasteiger partial charge in [0.1, 0.15) is 11.5 Å². The van der Waals surface area contributed by atoms with Gasteiger partial charge in [-0.05, 0) is 66.5 Å². The number of nitrogens with one attached hydrogen (secondary N) is 1. The Morgan fingerprint density at radius 3 is 2.57 bits per heavy atom. The van der Waals surface area contributed by atoms with E-state index in [1.807, 2.05) is 4.90 Å². The normalized spacial score (nSPS) is 25.3. The first-order valence-electron chi connectivity index (χ1n) is 10.3. The zero-order chi connectivity index (χ0) is 21.5. The summed E-state index contributed by atoms with van der Waals surface area (Å²) in [7, 11) is 0. The number of hydrogen-bond donors (Lipinski definition) is 1. The van der Waals surface area contributed by atoms with Crippen molar-refractivity contribution in [3.63, 3.8) is 0 Å². The summed E-state index contributed by atoms with van der Waals surface area (Å²) in [6, 6.07) is 10.3. The van der Waals surface area contributed by atoms with Crippen molar-refractivity contribution in [2.45, 2.75) is 46.1 Å². The topological polar surface area (TPSA) is 62.6 Å². The Morgan fingerprint density at radius 2 is 1.90 bits per heavy atom. The van der Waals surface area contributed by atoms with E-state index >= 15 is 0 Å². The van der Waals surface area contributed by atoms with E-state index in [0.717, 1.165) is 19.3 Å². The summed E-state index contributed by atoms with van der Waals surface area (Å²) in [6.07, 6.45) is 6.21. The van der Waals surface area contributed by atoms with Crippen molar-refractivity contribution in [2.24, 2.45) is 10.8 Å². The molecule has 6 heteroatoms. The number of nitrogens with zero attached hydrogens (tertiary/aromatic N) is 1. The molecule has 1 aliphatic heterocycles. The van der Waals surface area contributed by atoms with Gasteiger partial charge in [-0.3, -0.25) is 9.59 Å². The molecule has 2 heterocycles. The van der Waals surface area contributed by atoms with Crippen molar-refractivity contribution in [3.05, 3.63) is 64.7 Å². The molecule has 2 unspecified atom stereocenters. The summed E-state index contributed by atoms with van der Waals surface area (Å²) in [4.78, 5) is 28.3. The Labute approximate surface area is 182 Å². The fourth-order valence-electron chi connectivity index (χ4n) is 5.31. The van der Waals surface area contributed by atoms with Crippen LogP contribution in [0.5, 0.6) is 0 Å². The lowest BCUT2D eigenvalue weighted by atomic mass is 9.65. The Balaban J connectivity index is 1.61. The van der Waals surface area contributed by atoms with Crippen molar-refractivity contribution in [1.29, 1.82) is 0 Å². The smallest absolute Gasteiger partial charge is 0.270 e. The average molecular weight is 427 g/mol. The fourth-order valence-corrected chi connectivity index (χ4v) is 5.44. The molecule has 1 aliphatic carbocycles. The van der Waals surface area contributed by atoms with E-state index in [0.29, 0.717) is 22.9 Å². The van der Waals surface area contributed by atoms with Crippen LogP contribution in [0.1, 0.15) is 56.2 Å². The maximum absolute atomic E-state index is 13.6. The Kier molecular flexibility index (Phi) is 5.27. The first-order valence-corrected chi connectivity index (χ1v) is 10.7. The predicted molar refractivity (Wildman–Crippen MR) is 117 cm³/mol. The minimum absolute atomic E-state index is 0.109. The first kappa shape index (κ1) is 20.7. The summed E-state index contributed by atoms with van der Waals surface area (Å²) < 4.78 is 5.40. The second kappa shape index (κ2) is 7.62. The van der Waals surface area contributed by atoms with Crippen LogP contribution in [0.2, 0.25) is 5.02 Å². The molecule has 1 aromatic heterocycles. The number of fused-ring (bicyclic) bond motifs is 2. The number of carbonyl (C=O) groups excluding carboxylic acids is 2. The second-order valence-electron chi connectivity index (χ2n) is 9.68. The van der Waals surface area contributed by atoms with Crippen LogP contribution in [-0.4, -0.2) is 29.3 Å². The molecule has 1 saturated heterocycles. The monoisotopic (exact) mass is 426 g/mol. The summed E-state index contributed by atoms with van der Waals surface area (Å²) in [5.41, 5.74) is 0.965. The van der Waals surface area contributed by atoms with E-state index in [9.17, 15) is 9.59 Å². The van der Waals surface area contributed by atoms with Gasteiger partial charge in [-0.15, -0.1) is 0 Å². The van der Waals surface area contributed by atoms with Crippen LogP contribution in [0.3, 0.4) is 0 Å². The van der Waals surface area contributed by atoms with Crippen molar-refractivity contribution in [1.82, 2.24) is 10.2 Å². The van der Waals surface area contributed by atoms with E-state index < -0.39 is 0 Å². The molecular formula is C24H27ClN2O3. The molecule has 2 fully saturated rings. The van der Waals surface area contributed by atoms with E-state index in [-0.39, 0.29) is 34.4 Å². The van der Waals surface area contributed by atoms with Crippen LogP contribution in [0.25, 0.3) is 6.08 Å². The van der Waals surface area contributed by atoms with Crippen molar-refractivity contribution in [3.8, 4) is 0 Å². The molecule has 2 amide bonds. The molecular weight excluding hydrogens is 400 g/mol. The fraction of sp³-hybridized carbons (Fsp3) is 0.417. The van der Waals surface area contributed by atoms with Crippen molar-refractivity contribution in [2.75, 3.05) is 6.54 Å². The third-order valence-corrected chi connectivity index (χ3v) is 6.34. The molecule has 2 aromatic rings. The SMILES string of the molecule is CC1(C)CC2CC(C)(CN2C(=O)/C(=C/c2ccco2)NC(=O)c2ccc(Cl)cc2)C1. The van der Waals surface area contributed by atoms with Crippen LogP contribution >= 0.6 is 11.6 Å². The third-order valence-electron chi connectivity index (χ3n) is 6.09. The molecule has 2 bridgehead atoms. The molecule has 30 heavy (non-hydrogen) atoms. The summed E-state index contributed by atoms with van der Waals surface area (Å²) in [5, 5.41) is 3.36. The number of hydrogen-bond acceptors (Lipinski definition) is 3. The highest BCUT2D eigenvalue weighted by atomic mass is 35.5. The van der Waals surface area contributed by atoms with Crippen LogP contribution in [0, 0.1) is 10.8 Å². The quantitative estimate of drug-likeness (QED) is 0.689. The molecule has 5 nitrogen and oxygen atoms in total. The van der Waals surface area contributed by atoms with Gasteiger partial charge in [0, 0.05) is 29.2 Å². The van der Waals surface area contributed by atoms with Gasteiger partial charge in [-0.1, -0.05) is 32.4 Å². The van der Waals surface area contributed by atoms with E-state index in [2.05, 4.69) is 26.1 Å². The molecule has 1 saturated carbocycles. The summed E-state index contributed by atoms with van der Waals surface area (Å²) >= 11 is 5.92. The molecule has 2 aliphatic rings. The maximum atomic E-state index is 13.6. The Hall–Kier alpha value is -2.53. The Bertz CT molecular complexity index is 978. The lowest BCUT2D eigenvalue weighted by molar-refractivity contribution is -0.128. The summed E-state index contributed by atoms with van der Waals surface area (Å²) in [5.74, 6) is -0.00450. The lowest BCUT2D eigenvalue weighted by Gasteiger charge is -2.39. The predicted octanol–water partition coefficient (Wildman–Crippen LogP) is 5.13. The number of halogens is 1. The summed E-state index contributed by atoms with van der Waals surface area (Å²) in [6.45, 7) is 7.50. The standard InChI is InChI=1S/C24H27ClN2O3/c1-23(2)12-18-13-24(3,14-23)15-27(18)22(29)20(11-19-5-4-10-30-19)26-21(28)16-6-8-17(25)9-7-16/h4-11,18H,12-15H2,1-3H3,(H,26,28)/b20-11-. The number of amides is 2. The molecule has 1 aromatic carbocycles. The highest BCUT2D eigenvalue weighted by Gasteiger charge is 2.51. The average Bonchev–Trinajstić information content (AvgIpc) is 3.25. The second-order valence-corrected chi connectivity index (χ2v) is 10.1. The van der Waals surface area contributed by atoms with Gasteiger partial charge in [-0.25, -0.2) is 0 Å². The van der Waals surface area contributed by atoms with Gasteiger partial charge in [0.25, 0.3) is 11.8 Å². The molecule has 4 rings (SSSR count). The highest BCUT2D eigenvalue weighted by molar-refractivity contribution is 6.30. The minimum Gasteiger partial charge on any atom is -0.465 e. The van der Waals surface area contributed by atoms with Gasteiger partial charge >= 0.3 is 0 Å². The van der Waals surface area contributed by atoms with Gasteiger partial charge in [0.05, 0.1) is 6.26 Å². The zero-order valence-corrected chi connectivity index (χ0v) is 18.3. The maximum Gasteiger partial charge on any atom is 0.270 e. The Morgan fingerprint density at radius 1 is 1.17 bits per heavy atom. The van der Waals surface area contributed by atoms with Crippen LogP contribution in [-0.2, 0) is 4.79 Å². The van der Waals surface area contributed by atoms with Crippen LogP contribution < -0.4 is 5.32 Å². The molecule has 2 atom stereocenters. The molecule has 0 spiro atoms. The largest absolute Gasteiger partial charge is 0.465 e. The molecule has 1 N–H and O–H groups in total. The van der Waals surface area contributed by atoms with E-state index in [1.165, 1.54) is 0 Å². The third kappa shape index (κ3) is 4.31. The molecule has 158 valence electrons. The lowest BCUT2D eigenvalue weighted by Crippen LogP contribution is -2.42. The van der Waals surface area contributed by atoms with Crippen LogP contribution in [0.4, 0.5) is 0 Å². The number of carbonyl (C=O) groups is 2. The van der Waals surface area contributed by atoms with Gasteiger partial charge in [0.2, 0.25) is 0 Å². The number of furan rings is 1. The van der Waals surface area contributed by atoms with E-state index in [1.54, 1.807) is 48.7 Å². The van der Waals surface area contributed by atoms with Crippen LogP contribution in [0.15, 0.2) is 52.8 Å².